The van der Waals surface area contributed by atoms with Crippen molar-refractivity contribution >= 4 is 27.0 Å². The first kappa shape index (κ1) is 20.4. The van der Waals surface area contributed by atoms with Crippen molar-refractivity contribution in [3.05, 3.63) is 64.1 Å². The molecule has 1 atom stereocenters. The molecule has 3 aromatic rings. The first-order chi connectivity index (χ1) is 14.3. The standard InChI is InChI=1S/C21H23N3O5S/c1-24-18-10-9-15(13-19(18)29-21(24)26)30(27,28)22-12-11-20(25)23-17-8-4-6-14-5-2-3-7-16(14)17/h2-3,5,7,9-10,13,17,22H,4,6,8,11-12H2,1H3,(H,23,25)/t17-/m1/s1. The van der Waals surface area contributed by atoms with E-state index in [2.05, 4.69) is 16.1 Å². The Morgan fingerprint density at radius 1 is 1.23 bits per heavy atom. The number of aromatic nitrogens is 1. The smallest absolute Gasteiger partial charge is 0.408 e. The fourth-order valence-electron chi connectivity index (χ4n) is 3.83. The summed E-state index contributed by atoms with van der Waals surface area (Å²) in [6, 6.07) is 12.2. The molecule has 2 aromatic carbocycles. The van der Waals surface area contributed by atoms with Crippen molar-refractivity contribution in [3.8, 4) is 0 Å². The molecule has 0 aliphatic heterocycles. The van der Waals surface area contributed by atoms with Gasteiger partial charge in [0.05, 0.1) is 16.5 Å². The van der Waals surface area contributed by atoms with Crippen molar-refractivity contribution in [3.63, 3.8) is 0 Å². The van der Waals surface area contributed by atoms with Gasteiger partial charge < -0.3 is 9.73 Å². The second-order valence-corrected chi connectivity index (χ2v) is 9.18. The van der Waals surface area contributed by atoms with Gasteiger partial charge in [-0.15, -0.1) is 0 Å². The maximum absolute atomic E-state index is 12.5. The Morgan fingerprint density at radius 2 is 2.03 bits per heavy atom. The molecule has 0 saturated heterocycles. The zero-order valence-corrected chi connectivity index (χ0v) is 17.4. The van der Waals surface area contributed by atoms with Gasteiger partial charge in [0.25, 0.3) is 0 Å². The number of sulfonamides is 1. The van der Waals surface area contributed by atoms with Crippen LogP contribution in [0.1, 0.15) is 36.4 Å². The monoisotopic (exact) mass is 429 g/mol. The SMILES string of the molecule is Cn1c(=O)oc2cc(S(=O)(=O)NCCC(=O)N[C@@H]3CCCc4ccccc43)ccc21. The summed E-state index contributed by atoms with van der Waals surface area (Å²) in [5, 5.41) is 3.01. The number of oxazole rings is 1. The lowest BCUT2D eigenvalue weighted by Crippen LogP contribution is -2.34. The zero-order valence-electron chi connectivity index (χ0n) is 16.6. The summed E-state index contributed by atoms with van der Waals surface area (Å²) in [5.41, 5.74) is 3.08. The fraction of sp³-hybridized carbons (Fsp3) is 0.333. The number of nitrogens with zero attached hydrogens (tertiary/aromatic N) is 1. The number of amides is 1. The molecule has 1 heterocycles. The molecule has 2 N–H and O–H groups in total. The van der Waals surface area contributed by atoms with E-state index < -0.39 is 15.8 Å². The molecule has 0 bridgehead atoms. The second kappa shape index (κ2) is 8.08. The fourth-order valence-corrected chi connectivity index (χ4v) is 4.88. The molecule has 1 aliphatic carbocycles. The Labute approximate surface area is 173 Å². The highest BCUT2D eigenvalue weighted by molar-refractivity contribution is 7.89. The Morgan fingerprint density at radius 3 is 2.87 bits per heavy atom. The van der Waals surface area contributed by atoms with Crippen LogP contribution in [-0.2, 0) is 28.3 Å². The van der Waals surface area contributed by atoms with Crippen LogP contribution < -0.4 is 15.8 Å². The van der Waals surface area contributed by atoms with Gasteiger partial charge in [-0.2, -0.15) is 0 Å². The van der Waals surface area contributed by atoms with E-state index in [1.807, 2.05) is 18.2 Å². The van der Waals surface area contributed by atoms with E-state index in [4.69, 9.17) is 4.42 Å². The van der Waals surface area contributed by atoms with Crippen molar-refractivity contribution in [1.29, 1.82) is 0 Å². The van der Waals surface area contributed by atoms with Crippen LogP contribution in [-0.4, -0.2) is 25.4 Å². The second-order valence-electron chi connectivity index (χ2n) is 7.42. The van der Waals surface area contributed by atoms with E-state index in [9.17, 15) is 18.0 Å². The van der Waals surface area contributed by atoms with Gasteiger partial charge in [0.15, 0.2) is 5.58 Å². The van der Waals surface area contributed by atoms with E-state index in [1.54, 1.807) is 7.05 Å². The average Bonchev–Trinajstić information content (AvgIpc) is 3.01. The normalized spacial score (nSPS) is 16.4. The summed E-state index contributed by atoms with van der Waals surface area (Å²) in [5.74, 6) is -0.766. The first-order valence-electron chi connectivity index (χ1n) is 9.81. The number of hydrogen-bond acceptors (Lipinski definition) is 5. The first-order valence-corrected chi connectivity index (χ1v) is 11.3. The Kier molecular flexibility index (Phi) is 5.48. The molecular formula is C21H23N3O5S. The third-order valence-corrected chi connectivity index (χ3v) is 6.88. The Hall–Kier alpha value is -2.91. The molecule has 4 rings (SSSR count). The quantitative estimate of drug-likeness (QED) is 0.623. The van der Waals surface area contributed by atoms with Crippen LogP contribution in [0.25, 0.3) is 11.1 Å². The third kappa shape index (κ3) is 4.03. The number of nitrogens with one attached hydrogen (secondary N) is 2. The van der Waals surface area contributed by atoms with Crippen molar-refractivity contribution in [2.45, 2.75) is 36.6 Å². The molecular weight excluding hydrogens is 406 g/mol. The molecule has 1 aliphatic rings. The van der Waals surface area contributed by atoms with E-state index in [-0.39, 0.29) is 35.4 Å². The average molecular weight is 429 g/mol. The minimum atomic E-state index is -3.83. The largest absolute Gasteiger partial charge is 0.419 e. The van der Waals surface area contributed by atoms with Gasteiger partial charge in [-0.05, 0) is 42.5 Å². The number of rotatable bonds is 6. The van der Waals surface area contributed by atoms with Gasteiger partial charge in [-0.1, -0.05) is 24.3 Å². The number of hydrogen-bond donors (Lipinski definition) is 2. The van der Waals surface area contributed by atoms with Gasteiger partial charge in [0.2, 0.25) is 15.9 Å². The van der Waals surface area contributed by atoms with Gasteiger partial charge in [0, 0.05) is 26.1 Å². The number of carbonyl (C=O) groups excluding carboxylic acids is 1. The summed E-state index contributed by atoms with van der Waals surface area (Å²) in [6.07, 6.45) is 2.91. The van der Waals surface area contributed by atoms with Crippen LogP contribution >= 0.6 is 0 Å². The Balaban J connectivity index is 1.37. The minimum absolute atomic E-state index is 0.0223. The molecule has 30 heavy (non-hydrogen) atoms. The molecule has 9 heteroatoms. The van der Waals surface area contributed by atoms with Gasteiger partial charge in [0.1, 0.15) is 0 Å². The Bertz CT molecular complexity index is 1260. The van der Waals surface area contributed by atoms with E-state index in [1.165, 1.54) is 28.3 Å². The molecule has 0 saturated carbocycles. The van der Waals surface area contributed by atoms with Crippen LogP contribution in [0.2, 0.25) is 0 Å². The van der Waals surface area contributed by atoms with Crippen LogP contribution in [0.15, 0.2) is 56.6 Å². The number of aryl methyl sites for hydroxylation is 2. The molecule has 1 aromatic heterocycles. The van der Waals surface area contributed by atoms with Gasteiger partial charge in [-0.3, -0.25) is 9.36 Å². The van der Waals surface area contributed by atoms with Crippen LogP contribution in [0.4, 0.5) is 0 Å². The lowest BCUT2D eigenvalue weighted by atomic mass is 9.88. The highest BCUT2D eigenvalue weighted by atomic mass is 32.2. The van der Waals surface area contributed by atoms with Crippen molar-refractivity contribution in [2.75, 3.05) is 6.54 Å². The highest BCUT2D eigenvalue weighted by Gasteiger charge is 2.22. The predicted molar refractivity (Wildman–Crippen MR) is 112 cm³/mol. The van der Waals surface area contributed by atoms with Crippen LogP contribution in [0.3, 0.4) is 0 Å². The summed E-state index contributed by atoms with van der Waals surface area (Å²) in [6.45, 7) is -0.0285. The van der Waals surface area contributed by atoms with E-state index >= 15 is 0 Å². The van der Waals surface area contributed by atoms with Crippen LogP contribution in [0.5, 0.6) is 0 Å². The maximum Gasteiger partial charge on any atom is 0.419 e. The van der Waals surface area contributed by atoms with Crippen molar-refractivity contribution in [2.24, 2.45) is 7.05 Å². The molecule has 0 spiro atoms. The minimum Gasteiger partial charge on any atom is -0.408 e. The topological polar surface area (TPSA) is 110 Å². The van der Waals surface area contributed by atoms with E-state index in [0.29, 0.717) is 5.52 Å². The number of carbonyl (C=O) groups is 1. The van der Waals surface area contributed by atoms with E-state index in [0.717, 1.165) is 24.8 Å². The summed E-state index contributed by atoms with van der Waals surface area (Å²) >= 11 is 0. The van der Waals surface area contributed by atoms with Crippen molar-refractivity contribution in [1.82, 2.24) is 14.6 Å². The number of fused-ring (bicyclic) bond motifs is 2. The predicted octanol–water partition coefficient (Wildman–Crippen LogP) is 1.99. The lowest BCUT2D eigenvalue weighted by Gasteiger charge is -2.26. The molecule has 8 nitrogen and oxygen atoms in total. The molecule has 158 valence electrons. The summed E-state index contributed by atoms with van der Waals surface area (Å²) in [4.78, 5) is 23.9. The maximum atomic E-state index is 12.5. The number of benzene rings is 2. The third-order valence-electron chi connectivity index (χ3n) is 5.42. The van der Waals surface area contributed by atoms with Crippen LogP contribution in [0, 0.1) is 0 Å². The highest BCUT2D eigenvalue weighted by Crippen LogP contribution is 2.29. The lowest BCUT2D eigenvalue weighted by molar-refractivity contribution is -0.121. The molecule has 0 unspecified atom stereocenters. The zero-order chi connectivity index (χ0) is 21.3. The molecule has 0 radical (unpaired) electrons. The van der Waals surface area contributed by atoms with Gasteiger partial charge in [-0.25, -0.2) is 17.9 Å². The summed E-state index contributed by atoms with van der Waals surface area (Å²) in [7, 11) is -2.29. The molecule has 0 fully saturated rings. The van der Waals surface area contributed by atoms with Gasteiger partial charge >= 0.3 is 5.76 Å². The molecule has 1 amide bonds. The van der Waals surface area contributed by atoms with Crippen molar-refractivity contribution < 1.29 is 17.6 Å². The summed E-state index contributed by atoms with van der Waals surface area (Å²) < 4.78 is 33.8.